The summed E-state index contributed by atoms with van der Waals surface area (Å²) in [5.74, 6) is 0. The second-order valence-electron chi connectivity index (χ2n) is 4.58. The molecule has 0 aliphatic carbocycles. The van der Waals surface area contributed by atoms with Gasteiger partial charge >= 0.3 is 0 Å². The van der Waals surface area contributed by atoms with Crippen molar-refractivity contribution in [1.82, 2.24) is 5.32 Å². The van der Waals surface area contributed by atoms with Crippen LogP contribution >= 0.6 is 0 Å². The molecule has 0 bridgehead atoms. The minimum absolute atomic E-state index is 0.952. The highest BCUT2D eigenvalue weighted by molar-refractivity contribution is 5.22. The largest absolute Gasteiger partial charge is 0.312 e. The van der Waals surface area contributed by atoms with E-state index in [4.69, 9.17) is 0 Å². The second kappa shape index (κ2) is 6.97. The Morgan fingerprint density at radius 2 is 1.44 bits per heavy atom. The van der Waals surface area contributed by atoms with Gasteiger partial charge in [-0.05, 0) is 36.1 Å². The highest BCUT2D eigenvalue weighted by atomic mass is 14.8. The van der Waals surface area contributed by atoms with Crippen LogP contribution in [0.4, 0.5) is 0 Å². The van der Waals surface area contributed by atoms with Gasteiger partial charge in [-0.1, -0.05) is 61.5 Å². The highest BCUT2D eigenvalue weighted by Gasteiger charge is 1.94. The van der Waals surface area contributed by atoms with E-state index in [0.717, 1.165) is 25.9 Å². The van der Waals surface area contributed by atoms with Crippen molar-refractivity contribution in [1.29, 1.82) is 0 Å². The second-order valence-corrected chi connectivity index (χ2v) is 4.58. The van der Waals surface area contributed by atoms with Gasteiger partial charge in [0.05, 0.1) is 0 Å². The van der Waals surface area contributed by atoms with Gasteiger partial charge in [0.25, 0.3) is 0 Å². The van der Waals surface area contributed by atoms with E-state index in [0.29, 0.717) is 0 Å². The smallest absolute Gasteiger partial charge is 0.0205 e. The molecule has 0 saturated carbocycles. The Labute approximate surface area is 110 Å². The monoisotopic (exact) mass is 239 g/mol. The predicted molar refractivity (Wildman–Crippen MR) is 77.7 cm³/mol. The molecule has 2 aromatic rings. The van der Waals surface area contributed by atoms with Crippen LogP contribution in [0.5, 0.6) is 0 Å². The van der Waals surface area contributed by atoms with E-state index in [1.165, 1.54) is 16.7 Å². The maximum absolute atomic E-state index is 3.48. The fraction of sp³-hybridized carbons (Fsp3) is 0.294. The third-order valence-electron chi connectivity index (χ3n) is 3.19. The lowest BCUT2D eigenvalue weighted by Gasteiger charge is -2.05. The first-order valence-corrected chi connectivity index (χ1v) is 6.71. The average Bonchev–Trinajstić information content (AvgIpc) is 2.45. The molecule has 0 spiro atoms. The van der Waals surface area contributed by atoms with Gasteiger partial charge in [0.15, 0.2) is 0 Å². The number of hydrogen-bond donors (Lipinski definition) is 1. The minimum atomic E-state index is 0.952. The summed E-state index contributed by atoms with van der Waals surface area (Å²) in [6.45, 7) is 4.17. The molecule has 1 N–H and O–H groups in total. The first kappa shape index (κ1) is 12.8. The number of hydrogen-bond acceptors (Lipinski definition) is 1. The standard InChI is InChI=1S/C17H21N/c1-2-15-8-10-16(11-9-15)12-13-18-14-17-6-4-3-5-7-17/h3-11,18H,2,12-14H2,1H3. The molecule has 0 fully saturated rings. The Morgan fingerprint density at radius 3 is 2.11 bits per heavy atom. The van der Waals surface area contributed by atoms with Crippen LogP contribution in [0.15, 0.2) is 54.6 Å². The van der Waals surface area contributed by atoms with Gasteiger partial charge in [0.2, 0.25) is 0 Å². The van der Waals surface area contributed by atoms with Gasteiger partial charge in [0, 0.05) is 6.54 Å². The van der Waals surface area contributed by atoms with Crippen LogP contribution in [0.3, 0.4) is 0 Å². The SMILES string of the molecule is CCc1ccc(CCNCc2ccccc2)cc1. The van der Waals surface area contributed by atoms with Crippen molar-refractivity contribution in [3.8, 4) is 0 Å². The molecule has 1 heteroatoms. The van der Waals surface area contributed by atoms with E-state index in [1.54, 1.807) is 0 Å². The zero-order chi connectivity index (χ0) is 12.6. The zero-order valence-corrected chi connectivity index (χ0v) is 11.0. The molecule has 0 atom stereocenters. The summed E-state index contributed by atoms with van der Waals surface area (Å²) in [5.41, 5.74) is 4.17. The minimum Gasteiger partial charge on any atom is -0.312 e. The van der Waals surface area contributed by atoms with Gasteiger partial charge in [-0.2, -0.15) is 0 Å². The molecule has 0 aliphatic rings. The molecule has 0 unspecified atom stereocenters. The fourth-order valence-electron chi connectivity index (χ4n) is 2.00. The molecular weight excluding hydrogens is 218 g/mol. The molecule has 0 aromatic heterocycles. The van der Waals surface area contributed by atoms with E-state index in [2.05, 4.69) is 66.8 Å². The van der Waals surface area contributed by atoms with Crippen LogP contribution in [-0.2, 0) is 19.4 Å². The van der Waals surface area contributed by atoms with Crippen LogP contribution in [0.1, 0.15) is 23.6 Å². The predicted octanol–water partition coefficient (Wildman–Crippen LogP) is 3.58. The van der Waals surface area contributed by atoms with E-state index in [1.807, 2.05) is 0 Å². The summed E-state index contributed by atoms with van der Waals surface area (Å²) in [6.07, 6.45) is 2.21. The quantitative estimate of drug-likeness (QED) is 0.760. The molecule has 18 heavy (non-hydrogen) atoms. The lowest BCUT2D eigenvalue weighted by Crippen LogP contribution is -2.16. The van der Waals surface area contributed by atoms with Crippen LogP contribution in [0.2, 0.25) is 0 Å². The third kappa shape index (κ3) is 4.01. The molecule has 1 nitrogen and oxygen atoms in total. The molecule has 0 heterocycles. The maximum Gasteiger partial charge on any atom is 0.0205 e. The molecular formula is C17H21N. The van der Waals surface area contributed by atoms with Gasteiger partial charge in [0.1, 0.15) is 0 Å². The van der Waals surface area contributed by atoms with Crippen molar-refractivity contribution in [3.63, 3.8) is 0 Å². The third-order valence-corrected chi connectivity index (χ3v) is 3.19. The van der Waals surface area contributed by atoms with E-state index >= 15 is 0 Å². The molecule has 2 rings (SSSR count). The lowest BCUT2D eigenvalue weighted by atomic mass is 10.1. The highest BCUT2D eigenvalue weighted by Crippen LogP contribution is 2.05. The topological polar surface area (TPSA) is 12.0 Å². The van der Waals surface area contributed by atoms with Gasteiger partial charge in [-0.25, -0.2) is 0 Å². The van der Waals surface area contributed by atoms with Gasteiger partial charge < -0.3 is 5.32 Å². The summed E-state index contributed by atoms with van der Waals surface area (Å²) in [6, 6.07) is 19.5. The van der Waals surface area contributed by atoms with Crippen LogP contribution in [-0.4, -0.2) is 6.54 Å². The van der Waals surface area contributed by atoms with Crippen molar-refractivity contribution in [2.45, 2.75) is 26.3 Å². The van der Waals surface area contributed by atoms with Crippen LogP contribution < -0.4 is 5.32 Å². The van der Waals surface area contributed by atoms with Crippen LogP contribution in [0.25, 0.3) is 0 Å². The summed E-state index contributed by atoms with van der Waals surface area (Å²) in [5, 5.41) is 3.48. The Bertz CT molecular complexity index is 445. The average molecular weight is 239 g/mol. The molecule has 0 radical (unpaired) electrons. The van der Waals surface area contributed by atoms with E-state index < -0.39 is 0 Å². The van der Waals surface area contributed by atoms with Crippen molar-refractivity contribution < 1.29 is 0 Å². The number of rotatable bonds is 6. The summed E-state index contributed by atoms with van der Waals surface area (Å²) in [4.78, 5) is 0. The van der Waals surface area contributed by atoms with Gasteiger partial charge in [-0.3, -0.25) is 0 Å². The Morgan fingerprint density at radius 1 is 0.778 bits per heavy atom. The summed E-state index contributed by atoms with van der Waals surface area (Å²) >= 11 is 0. The van der Waals surface area contributed by atoms with Crippen molar-refractivity contribution in [2.24, 2.45) is 0 Å². The summed E-state index contributed by atoms with van der Waals surface area (Å²) in [7, 11) is 0. The van der Waals surface area contributed by atoms with E-state index in [9.17, 15) is 0 Å². The summed E-state index contributed by atoms with van der Waals surface area (Å²) < 4.78 is 0. The molecule has 2 aromatic carbocycles. The van der Waals surface area contributed by atoms with E-state index in [-0.39, 0.29) is 0 Å². The lowest BCUT2D eigenvalue weighted by molar-refractivity contribution is 0.687. The first-order chi connectivity index (χ1) is 8.88. The fourth-order valence-corrected chi connectivity index (χ4v) is 2.00. The molecule has 0 aliphatic heterocycles. The van der Waals surface area contributed by atoms with Crippen molar-refractivity contribution >= 4 is 0 Å². The Kier molecular flexibility index (Phi) is 4.98. The maximum atomic E-state index is 3.48. The zero-order valence-electron chi connectivity index (χ0n) is 11.0. The Balaban J connectivity index is 1.72. The number of benzene rings is 2. The molecule has 0 amide bonds. The number of aryl methyl sites for hydroxylation is 1. The van der Waals surface area contributed by atoms with Crippen molar-refractivity contribution in [2.75, 3.05) is 6.54 Å². The van der Waals surface area contributed by atoms with Crippen LogP contribution in [0, 0.1) is 0 Å². The Hall–Kier alpha value is -1.60. The van der Waals surface area contributed by atoms with Crippen molar-refractivity contribution in [3.05, 3.63) is 71.3 Å². The van der Waals surface area contributed by atoms with Gasteiger partial charge in [-0.15, -0.1) is 0 Å². The number of nitrogens with one attached hydrogen (secondary N) is 1. The normalized spacial score (nSPS) is 10.5. The first-order valence-electron chi connectivity index (χ1n) is 6.71. The molecule has 0 saturated heterocycles. The molecule has 94 valence electrons.